The van der Waals surface area contributed by atoms with Crippen LogP contribution in [0.1, 0.15) is 19.8 Å². The first-order valence-electron chi connectivity index (χ1n) is 6.20. The molecule has 0 aromatic heterocycles. The highest BCUT2D eigenvalue weighted by molar-refractivity contribution is 7.92. The zero-order valence-corrected chi connectivity index (χ0v) is 10.9. The second-order valence-corrected chi connectivity index (χ2v) is 7.48. The van der Waals surface area contributed by atoms with E-state index < -0.39 is 9.84 Å². The molecule has 2 fully saturated rings. The Morgan fingerprint density at radius 2 is 2.18 bits per heavy atom. The molecule has 0 saturated carbocycles. The third kappa shape index (κ3) is 2.80. The Morgan fingerprint density at radius 1 is 1.47 bits per heavy atom. The summed E-state index contributed by atoms with van der Waals surface area (Å²) in [6.07, 6.45) is 1.41. The average Bonchev–Trinajstić information content (AvgIpc) is 2.51. The largest absolute Gasteiger partial charge is 0.355 e. The van der Waals surface area contributed by atoms with Gasteiger partial charge < -0.3 is 10.6 Å². The summed E-state index contributed by atoms with van der Waals surface area (Å²) >= 11 is 0. The molecule has 2 aliphatic rings. The SMILES string of the molecule is CC(C(=O)NCC1CCCS1(=O)=O)C1CNC1. The molecule has 2 N–H and O–H groups in total. The Balaban J connectivity index is 1.79. The Hall–Kier alpha value is -0.620. The van der Waals surface area contributed by atoms with Crippen LogP contribution in [0.4, 0.5) is 0 Å². The van der Waals surface area contributed by atoms with Gasteiger partial charge in [0, 0.05) is 12.5 Å². The minimum atomic E-state index is -2.95. The molecule has 0 bridgehead atoms. The zero-order valence-electron chi connectivity index (χ0n) is 10.1. The minimum Gasteiger partial charge on any atom is -0.355 e. The van der Waals surface area contributed by atoms with Crippen molar-refractivity contribution in [2.75, 3.05) is 25.4 Å². The Kier molecular flexibility index (Phi) is 3.73. The number of rotatable bonds is 4. The molecule has 98 valence electrons. The lowest BCUT2D eigenvalue weighted by Crippen LogP contribution is -2.50. The molecule has 2 rings (SSSR count). The number of amides is 1. The van der Waals surface area contributed by atoms with E-state index in [1.165, 1.54) is 0 Å². The van der Waals surface area contributed by atoms with Crippen LogP contribution in [0.15, 0.2) is 0 Å². The third-order valence-corrected chi connectivity index (χ3v) is 6.18. The lowest BCUT2D eigenvalue weighted by molar-refractivity contribution is -0.126. The molecule has 5 nitrogen and oxygen atoms in total. The summed E-state index contributed by atoms with van der Waals surface area (Å²) in [7, 11) is -2.95. The molecule has 1 amide bonds. The van der Waals surface area contributed by atoms with Gasteiger partial charge in [0.15, 0.2) is 9.84 Å². The fraction of sp³-hybridized carbons (Fsp3) is 0.909. The van der Waals surface area contributed by atoms with Crippen molar-refractivity contribution in [3.63, 3.8) is 0 Å². The molecule has 17 heavy (non-hydrogen) atoms. The first kappa shape index (κ1) is 12.8. The molecule has 0 aliphatic carbocycles. The molecular formula is C11H20N2O3S. The maximum Gasteiger partial charge on any atom is 0.223 e. The standard InChI is InChI=1S/C11H20N2O3S/c1-8(9-5-12-6-9)11(14)13-7-10-3-2-4-17(10,15)16/h8-10,12H,2-7H2,1H3,(H,13,14). The van der Waals surface area contributed by atoms with Crippen LogP contribution in [0, 0.1) is 11.8 Å². The molecule has 2 aliphatic heterocycles. The van der Waals surface area contributed by atoms with Crippen LogP contribution in [0.3, 0.4) is 0 Å². The quantitative estimate of drug-likeness (QED) is 0.717. The number of nitrogens with one attached hydrogen (secondary N) is 2. The van der Waals surface area contributed by atoms with Gasteiger partial charge in [-0.25, -0.2) is 8.42 Å². The lowest BCUT2D eigenvalue weighted by Gasteiger charge is -2.31. The van der Waals surface area contributed by atoms with Crippen LogP contribution >= 0.6 is 0 Å². The van der Waals surface area contributed by atoms with E-state index in [4.69, 9.17) is 0 Å². The summed E-state index contributed by atoms with van der Waals surface area (Å²) in [5.74, 6) is 0.629. The molecule has 2 atom stereocenters. The lowest BCUT2D eigenvalue weighted by atomic mass is 9.88. The van der Waals surface area contributed by atoms with E-state index in [9.17, 15) is 13.2 Å². The Morgan fingerprint density at radius 3 is 2.65 bits per heavy atom. The summed E-state index contributed by atoms with van der Waals surface area (Å²) in [6.45, 7) is 3.96. The van der Waals surface area contributed by atoms with Gasteiger partial charge in [0.05, 0.1) is 11.0 Å². The van der Waals surface area contributed by atoms with Crippen LogP contribution in [0.5, 0.6) is 0 Å². The topological polar surface area (TPSA) is 75.3 Å². The van der Waals surface area contributed by atoms with E-state index in [1.807, 2.05) is 6.92 Å². The van der Waals surface area contributed by atoms with Gasteiger partial charge in [0.1, 0.15) is 0 Å². The normalized spacial score (nSPS) is 29.6. The van der Waals surface area contributed by atoms with Crippen molar-refractivity contribution >= 4 is 15.7 Å². The van der Waals surface area contributed by atoms with Gasteiger partial charge in [-0.05, 0) is 31.8 Å². The van der Waals surface area contributed by atoms with Gasteiger partial charge in [0.25, 0.3) is 0 Å². The summed E-state index contributed by atoms with van der Waals surface area (Å²) in [5, 5.41) is 5.55. The molecule has 0 aromatic rings. The van der Waals surface area contributed by atoms with Crippen LogP contribution in [-0.2, 0) is 14.6 Å². The van der Waals surface area contributed by atoms with Gasteiger partial charge in [-0.2, -0.15) is 0 Å². The molecule has 6 heteroatoms. The molecule has 2 heterocycles. The van der Waals surface area contributed by atoms with E-state index in [1.54, 1.807) is 0 Å². The van der Waals surface area contributed by atoms with E-state index in [0.29, 0.717) is 12.3 Å². The van der Waals surface area contributed by atoms with Gasteiger partial charge in [0.2, 0.25) is 5.91 Å². The number of carbonyl (C=O) groups excluding carboxylic acids is 1. The molecule has 2 unspecified atom stereocenters. The van der Waals surface area contributed by atoms with Crippen molar-refractivity contribution in [2.24, 2.45) is 11.8 Å². The van der Waals surface area contributed by atoms with Crippen molar-refractivity contribution < 1.29 is 13.2 Å². The maximum atomic E-state index is 11.8. The minimum absolute atomic E-state index is 0.0152. The van der Waals surface area contributed by atoms with Crippen molar-refractivity contribution in [1.82, 2.24) is 10.6 Å². The Labute approximate surface area is 102 Å². The average molecular weight is 260 g/mol. The van der Waals surface area contributed by atoms with Crippen molar-refractivity contribution in [3.05, 3.63) is 0 Å². The van der Waals surface area contributed by atoms with E-state index in [2.05, 4.69) is 10.6 Å². The molecule has 2 saturated heterocycles. The van der Waals surface area contributed by atoms with E-state index in [0.717, 1.165) is 19.5 Å². The van der Waals surface area contributed by atoms with E-state index >= 15 is 0 Å². The van der Waals surface area contributed by atoms with Gasteiger partial charge >= 0.3 is 0 Å². The first-order chi connectivity index (χ1) is 8.00. The van der Waals surface area contributed by atoms with Gasteiger partial charge in [-0.15, -0.1) is 0 Å². The maximum absolute atomic E-state index is 11.8. The molecule has 0 aromatic carbocycles. The molecule has 0 radical (unpaired) electrons. The summed E-state index contributed by atoms with van der Waals surface area (Å²) < 4.78 is 23.2. The number of carbonyl (C=O) groups is 1. The Bertz CT molecular complexity index is 390. The zero-order chi connectivity index (χ0) is 12.5. The van der Waals surface area contributed by atoms with Gasteiger partial charge in [-0.1, -0.05) is 6.92 Å². The molecule has 0 spiro atoms. The van der Waals surface area contributed by atoms with Crippen LogP contribution in [0.25, 0.3) is 0 Å². The first-order valence-corrected chi connectivity index (χ1v) is 7.92. The summed E-state index contributed by atoms with van der Waals surface area (Å²) in [4.78, 5) is 11.8. The smallest absolute Gasteiger partial charge is 0.223 e. The predicted molar refractivity (Wildman–Crippen MR) is 65.3 cm³/mol. The highest BCUT2D eigenvalue weighted by Gasteiger charge is 2.33. The third-order valence-electron chi connectivity index (χ3n) is 3.90. The highest BCUT2D eigenvalue weighted by atomic mass is 32.2. The molecular weight excluding hydrogens is 240 g/mol. The van der Waals surface area contributed by atoms with Gasteiger partial charge in [-0.3, -0.25) is 4.79 Å². The number of hydrogen-bond acceptors (Lipinski definition) is 4. The fourth-order valence-electron chi connectivity index (χ4n) is 2.34. The van der Waals surface area contributed by atoms with Crippen LogP contribution in [-0.4, -0.2) is 45.0 Å². The van der Waals surface area contributed by atoms with E-state index in [-0.39, 0.29) is 29.4 Å². The van der Waals surface area contributed by atoms with Crippen LogP contribution in [0.2, 0.25) is 0 Å². The predicted octanol–water partition coefficient (Wildman–Crippen LogP) is -0.465. The summed E-state index contributed by atoms with van der Waals surface area (Å²) in [6, 6.07) is 0. The van der Waals surface area contributed by atoms with Crippen molar-refractivity contribution in [3.8, 4) is 0 Å². The number of sulfone groups is 1. The monoisotopic (exact) mass is 260 g/mol. The van der Waals surface area contributed by atoms with Crippen molar-refractivity contribution in [2.45, 2.75) is 25.0 Å². The second-order valence-electron chi connectivity index (χ2n) is 5.08. The van der Waals surface area contributed by atoms with Crippen LogP contribution < -0.4 is 10.6 Å². The van der Waals surface area contributed by atoms with Crippen molar-refractivity contribution in [1.29, 1.82) is 0 Å². The second kappa shape index (κ2) is 4.94. The fourth-order valence-corrected chi connectivity index (χ4v) is 4.11. The summed E-state index contributed by atoms with van der Waals surface area (Å²) in [5.41, 5.74) is 0. The highest BCUT2D eigenvalue weighted by Crippen LogP contribution is 2.20. The number of hydrogen-bond donors (Lipinski definition) is 2.